The molecule has 0 radical (unpaired) electrons. The van der Waals surface area contributed by atoms with Crippen molar-refractivity contribution in [2.75, 3.05) is 0 Å². The molecule has 0 heterocycles. The molecule has 0 amide bonds. The van der Waals surface area contributed by atoms with E-state index in [-0.39, 0.29) is 51.4 Å². The maximum absolute atomic E-state index is 9.72. The number of aliphatic hydroxyl groups is 1. The average molecular weight is 284 g/mol. The molecular formula is C10H13KO7. The van der Waals surface area contributed by atoms with E-state index < -0.39 is 30.4 Å². The van der Waals surface area contributed by atoms with Crippen molar-refractivity contribution in [1.29, 1.82) is 0 Å². The van der Waals surface area contributed by atoms with Crippen LogP contribution in [0.15, 0.2) is 24.3 Å². The van der Waals surface area contributed by atoms with Gasteiger partial charge in [0.25, 0.3) is 0 Å². The molecule has 0 rings (SSSR count). The molecule has 1 atom stereocenters. The summed E-state index contributed by atoms with van der Waals surface area (Å²) in [5.74, 6) is -4.01. The summed E-state index contributed by atoms with van der Waals surface area (Å²) in [6.07, 6.45) is 3.20. The van der Waals surface area contributed by atoms with Crippen molar-refractivity contribution in [3.63, 3.8) is 0 Å². The number of aliphatic carboxylic acids is 3. The number of carbonyl (C=O) groups is 3. The van der Waals surface area contributed by atoms with Crippen LogP contribution < -0.4 is 56.5 Å². The van der Waals surface area contributed by atoms with Gasteiger partial charge in [-0.3, -0.25) is 4.79 Å². The number of carboxylic acid groups (broad SMARTS) is 3. The van der Waals surface area contributed by atoms with Crippen LogP contribution in [-0.4, -0.2) is 39.3 Å². The standard InChI is InChI=1S/C6H8O2.C4H6O5.K/c1-2-3-4-5-6(7)8;5-2(4(8)9)1-3(6)7;/h2-5H,1H3,(H,7,8);2,5H,1H2,(H,6,7)(H,8,9);/q;;+1/p-1/b3-2+,5-4+;;. The largest absolute Gasteiger partial charge is 1.00 e. The second kappa shape index (κ2) is 14.5. The van der Waals surface area contributed by atoms with Gasteiger partial charge in [0.1, 0.15) is 0 Å². The van der Waals surface area contributed by atoms with Crippen molar-refractivity contribution in [1.82, 2.24) is 0 Å². The molecule has 96 valence electrons. The Bertz CT molecular complexity index is 322. The third-order valence-corrected chi connectivity index (χ3v) is 1.19. The van der Waals surface area contributed by atoms with Gasteiger partial charge >= 0.3 is 63.3 Å². The predicted molar refractivity (Wildman–Crippen MR) is 54.9 cm³/mol. The molecule has 0 aliphatic heterocycles. The maximum Gasteiger partial charge on any atom is 1.00 e. The molecule has 0 saturated heterocycles. The first-order valence-electron chi connectivity index (χ1n) is 4.44. The molecule has 1 unspecified atom stereocenters. The fourth-order valence-electron chi connectivity index (χ4n) is 0.498. The van der Waals surface area contributed by atoms with E-state index in [4.69, 9.17) is 15.3 Å². The molecule has 0 bridgehead atoms. The summed E-state index contributed by atoms with van der Waals surface area (Å²) in [6.45, 7) is 1.81. The van der Waals surface area contributed by atoms with Crippen molar-refractivity contribution >= 4 is 17.9 Å². The van der Waals surface area contributed by atoms with Crippen LogP contribution in [0.25, 0.3) is 0 Å². The second-order valence-corrected chi connectivity index (χ2v) is 2.66. The Labute approximate surface area is 146 Å². The van der Waals surface area contributed by atoms with Gasteiger partial charge in [-0.2, -0.15) is 0 Å². The first-order chi connectivity index (χ1) is 7.81. The first kappa shape index (κ1) is 22.6. The van der Waals surface area contributed by atoms with Gasteiger partial charge in [0.2, 0.25) is 0 Å². The molecule has 0 aliphatic rings. The van der Waals surface area contributed by atoms with Crippen LogP contribution >= 0.6 is 0 Å². The Morgan fingerprint density at radius 1 is 1.22 bits per heavy atom. The van der Waals surface area contributed by atoms with Crippen LogP contribution in [0.2, 0.25) is 0 Å². The smallest absolute Gasteiger partial charge is 0.545 e. The van der Waals surface area contributed by atoms with E-state index in [1.54, 1.807) is 19.1 Å². The molecule has 0 saturated carbocycles. The molecule has 0 fully saturated rings. The van der Waals surface area contributed by atoms with Gasteiger partial charge < -0.3 is 25.2 Å². The van der Waals surface area contributed by atoms with E-state index in [1.165, 1.54) is 6.08 Å². The third kappa shape index (κ3) is 20.8. The van der Waals surface area contributed by atoms with Gasteiger partial charge in [-0.15, -0.1) is 0 Å². The number of aliphatic hydroxyl groups excluding tert-OH is 1. The predicted octanol–water partition coefficient (Wildman–Crippen LogP) is -4.22. The zero-order valence-corrected chi connectivity index (χ0v) is 13.2. The van der Waals surface area contributed by atoms with Gasteiger partial charge in [0.15, 0.2) is 6.10 Å². The molecule has 0 aromatic carbocycles. The number of carbonyl (C=O) groups excluding carboxylic acids is 1. The van der Waals surface area contributed by atoms with Crippen LogP contribution in [0.4, 0.5) is 0 Å². The minimum atomic E-state index is -1.79. The average Bonchev–Trinajstić information content (AvgIpc) is 2.17. The van der Waals surface area contributed by atoms with Crippen LogP contribution in [0, 0.1) is 0 Å². The molecule has 3 N–H and O–H groups in total. The number of carboxylic acids is 3. The minimum absolute atomic E-state index is 0. The van der Waals surface area contributed by atoms with Gasteiger partial charge in [-0.1, -0.05) is 18.2 Å². The van der Waals surface area contributed by atoms with Gasteiger partial charge in [0.05, 0.1) is 12.4 Å². The van der Waals surface area contributed by atoms with Crippen LogP contribution in [0.3, 0.4) is 0 Å². The molecular weight excluding hydrogens is 271 g/mol. The van der Waals surface area contributed by atoms with Crippen LogP contribution in [0.5, 0.6) is 0 Å². The molecule has 0 aliphatic carbocycles. The van der Waals surface area contributed by atoms with E-state index in [1.807, 2.05) is 0 Å². The maximum atomic E-state index is 9.72. The van der Waals surface area contributed by atoms with Gasteiger partial charge in [0, 0.05) is 0 Å². The Morgan fingerprint density at radius 3 is 1.94 bits per heavy atom. The van der Waals surface area contributed by atoms with Gasteiger partial charge in [-0.05, 0) is 13.0 Å². The van der Waals surface area contributed by atoms with E-state index in [0.717, 1.165) is 6.08 Å². The Hall–Kier alpha value is -0.514. The molecule has 18 heavy (non-hydrogen) atoms. The summed E-state index contributed by atoms with van der Waals surface area (Å²) in [4.78, 5) is 29.1. The topological polar surface area (TPSA) is 135 Å². The van der Waals surface area contributed by atoms with Gasteiger partial charge in [-0.25, -0.2) is 4.79 Å². The number of hydrogen-bond acceptors (Lipinski definition) is 5. The number of hydrogen-bond donors (Lipinski definition) is 3. The zero-order valence-electron chi connectivity index (χ0n) is 10.1. The first-order valence-corrected chi connectivity index (χ1v) is 4.44. The number of rotatable bonds is 5. The summed E-state index contributed by atoms with van der Waals surface area (Å²) in [6, 6.07) is 0. The van der Waals surface area contributed by atoms with E-state index >= 15 is 0 Å². The third-order valence-electron chi connectivity index (χ3n) is 1.19. The van der Waals surface area contributed by atoms with Crippen molar-refractivity contribution in [3.05, 3.63) is 24.3 Å². The van der Waals surface area contributed by atoms with Crippen LogP contribution in [0.1, 0.15) is 13.3 Å². The normalized spacial score (nSPS) is 11.2. The van der Waals surface area contributed by atoms with Crippen LogP contribution in [-0.2, 0) is 14.4 Å². The molecule has 8 heteroatoms. The van der Waals surface area contributed by atoms with Crippen molar-refractivity contribution < 1.29 is 86.2 Å². The zero-order chi connectivity index (χ0) is 13.8. The molecule has 0 spiro atoms. The summed E-state index contributed by atoms with van der Waals surface area (Å²) in [5, 5.41) is 33.8. The Kier molecular flexibility index (Phi) is 18.3. The van der Waals surface area contributed by atoms with Crippen molar-refractivity contribution in [3.8, 4) is 0 Å². The molecule has 0 aromatic rings. The minimum Gasteiger partial charge on any atom is -0.545 e. The summed E-state index contributed by atoms with van der Waals surface area (Å²) in [7, 11) is 0. The number of allylic oxidation sites excluding steroid dienone is 3. The second-order valence-electron chi connectivity index (χ2n) is 2.66. The monoisotopic (exact) mass is 284 g/mol. The quantitative estimate of drug-likeness (QED) is 0.264. The van der Waals surface area contributed by atoms with Crippen molar-refractivity contribution in [2.24, 2.45) is 0 Å². The molecule has 0 aromatic heterocycles. The Morgan fingerprint density at radius 2 is 1.72 bits per heavy atom. The Balaban J connectivity index is -0.000000238. The van der Waals surface area contributed by atoms with E-state index in [0.29, 0.717) is 0 Å². The summed E-state index contributed by atoms with van der Waals surface area (Å²) < 4.78 is 0. The fraction of sp³-hybridized carbons (Fsp3) is 0.300. The van der Waals surface area contributed by atoms with E-state index in [2.05, 4.69) is 0 Å². The summed E-state index contributed by atoms with van der Waals surface area (Å²) in [5.41, 5.74) is 0. The van der Waals surface area contributed by atoms with Crippen molar-refractivity contribution in [2.45, 2.75) is 19.4 Å². The molecule has 7 nitrogen and oxygen atoms in total. The van der Waals surface area contributed by atoms with E-state index in [9.17, 15) is 19.5 Å². The fourth-order valence-corrected chi connectivity index (χ4v) is 0.498. The SMILES string of the molecule is C/C=C/C=C/C(=O)[O-].O=C(O)CC(O)C(=O)O.[K+]. The summed E-state index contributed by atoms with van der Waals surface area (Å²) >= 11 is 0.